The summed E-state index contributed by atoms with van der Waals surface area (Å²) in [6.45, 7) is 0. The van der Waals surface area contributed by atoms with E-state index in [1.165, 1.54) is 11.8 Å². The first-order valence-corrected chi connectivity index (χ1v) is 7.39. The van der Waals surface area contributed by atoms with E-state index in [0.29, 0.717) is 17.0 Å². The number of nitrogens with zero attached hydrogens (tertiary/aromatic N) is 3. The van der Waals surface area contributed by atoms with Gasteiger partial charge >= 0.3 is 0 Å². The molecule has 0 N–H and O–H groups in total. The van der Waals surface area contributed by atoms with Gasteiger partial charge in [0.25, 0.3) is 0 Å². The van der Waals surface area contributed by atoms with Crippen LogP contribution in [0.25, 0.3) is 11.6 Å². The molecule has 0 radical (unpaired) electrons. The lowest BCUT2D eigenvalue weighted by Gasteiger charge is -1.97. The summed E-state index contributed by atoms with van der Waals surface area (Å²) in [7, 11) is 0. The number of hydrogen-bond donors (Lipinski definition) is 0. The number of aromatic nitrogens is 2. The fourth-order valence-corrected chi connectivity index (χ4v) is 2.55. The summed E-state index contributed by atoms with van der Waals surface area (Å²) in [5.41, 5.74) is 1.09. The van der Waals surface area contributed by atoms with Crippen molar-refractivity contribution in [3.8, 4) is 6.07 Å². The summed E-state index contributed by atoms with van der Waals surface area (Å²) in [4.78, 5) is 8.41. The van der Waals surface area contributed by atoms with Gasteiger partial charge in [0.05, 0.1) is 11.3 Å². The molecule has 5 heteroatoms. The minimum Gasteiger partial charge on any atom is -0.450 e. The normalized spacial score (nSPS) is 11.1. The van der Waals surface area contributed by atoms with Crippen molar-refractivity contribution in [2.45, 2.75) is 10.1 Å². The lowest BCUT2D eigenvalue weighted by Crippen LogP contribution is -1.84. The Labute approximate surface area is 132 Å². The molecule has 3 aromatic heterocycles. The monoisotopic (exact) mass is 305 g/mol. The SMILES string of the molecule is N#CC(=Cc1ccc(Sc2ccccn2)o1)c1ccccn1. The standard InChI is InChI=1S/C17H11N3OS/c18-12-13(15-5-1-3-9-19-15)11-14-7-8-17(21-14)22-16-6-2-4-10-20-16/h1-11H. The second-order valence-electron chi connectivity index (χ2n) is 4.31. The molecule has 0 aliphatic carbocycles. The van der Waals surface area contributed by atoms with Crippen molar-refractivity contribution < 1.29 is 4.42 Å². The first kappa shape index (κ1) is 14.1. The van der Waals surface area contributed by atoms with Crippen LogP contribution in [0.5, 0.6) is 0 Å². The molecule has 0 spiro atoms. The molecule has 0 aromatic carbocycles. The van der Waals surface area contributed by atoms with Crippen molar-refractivity contribution in [2.75, 3.05) is 0 Å². The minimum atomic E-state index is 0.462. The number of rotatable bonds is 4. The first-order valence-electron chi connectivity index (χ1n) is 6.57. The highest BCUT2D eigenvalue weighted by molar-refractivity contribution is 7.99. The number of furan rings is 1. The highest BCUT2D eigenvalue weighted by Gasteiger charge is 2.06. The van der Waals surface area contributed by atoms with E-state index in [9.17, 15) is 5.26 Å². The molecule has 3 aromatic rings. The van der Waals surface area contributed by atoms with Crippen LogP contribution < -0.4 is 0 Å². The van der Waals surface area contributed by atoms with Gasteiger partial charge in [-0.2, -0.15) is 5.26 Å². The highest BCUT2D eigenvalue weighted by Crippen LogP contribution is 2.28. The predicted octanol–water partition coefficient (Wildman–Crippen LogP) is 4.28. The average molecular weight is 305 g/mol. The van der Waals surface area contributed by atoms with Crippen molar-refractivity contribution in [3.05, 3.63) is 72.4 Å². The van der Waals surface area contributed by atoms with Gasteiger partial charge in [-0.25, -0.2) is 4.98 Å². The topological polar surface area (TPSA) is 62.7 Å². The lowest BCUT2D eigenvalue weighted by molar-refractivity contribution is 0.466. The maximum Gasteiger partial charge on any atom is 0.167 e. The van der Waals surface area contributed by atoms with E-state index < -0.39 is 0 Å². The molecule has 0 aliphatic heterocycles. The van der Waals surface area contributed by atoms with Gasteiger partial charge in [0.15, 0.2) is 5.09 Å². The molecule has 4 nitrogen and oxygen atoms in total. The Bertz CT molecular complexity index is 820. The molecule has 0 aliphatic rings. The minimum absolute atomic E-state index is 0.462. The number of hydrogen-bond acceptors (Lipinski definition) is 5. The van der Waals surface area contributed by atoms with Crippen LogP contribution in [0.1, 0.15) is 11.5 Å². The number of allylic oxidation sites excluding steroid dienone is 1. The van der Waals surface area contributed by atoms with Crippen LogP contribution >= 0.6 is 11.8 Å². The Balaban J connectivity index is 1.82. The van der Waals surface area contributed by atoms with E-state index in [4.69, 9.17) is 4.42 Å². The number of pyridine rings is 2. The summed E-state index contributed by atoms with van der Waals surface area (Å²) in [5, 5.41) is 10.9. The summed E-state index contributed by atoms with van der Waals surface area (Å²) in [6.07, 6.45) is 5.08. The van der Waals surface area contributed by atoms with Crippen molar-refractivity contribution in [1.29, 1.82) is 5.26 Å². The lowest BCUT2D eigenvalue weighted by atomic mass is 10.1. The first-order chi connectivity index (χ1) is 10.8. The highest BCUT2D eigenvalue weighted by atomic mass is 32.2. The van der Waals surface area contributed by atoms with E-state index in [2.05, 4.69) is 16.0 Å². The third kappa shape index (κ3) is 3.43. The molecule has 106 valence electrons. The van der Waals surface area contributed by atoms with Crippen molar-refractivity contribution >= 4 is 23.4 Å². The van der Waals surface area contributed by atoms with Crippen LogP contribution in [0.3, 0.4) is 0 Å². The Morgan fingerprint density at radius 1 is 1.05 bits per heavy atom. The Hall–Kier alpha value is -2.84. The van der Waals surface area contributed by atoms with Gasteiger partial charge in [0, 0.05) is 18.5 Å². The average Bonchev–Trinajstić information content (AvgIpc) is 3.01. The molecule has 3 rings (SSSR count). The molecular formula is C17H11N3OS. The van der Waals surface area contributed by atoms with Gasteiger partial charge < -0.3 is 4.42 Å². The fourth-order valence-electron chi connectivity index (χ4n) is 1.81. The van der Waals surface area contributed by atoms with Gasteiger partial charge in [-0.15, -0.1) is 0 Å². The fraction of sp³-hybridized carbons (Fsp3) is 0. The molecular weight excluding hydrogens is 294 g/mol. The second kappa shape index (κ2) is 6.74. The van der Waals surface area contributed by atoms with E-state index in [-0.39, 0.29) is 0 Å². The molecule has 0 bridgehead atoms. The Morgan fingerprint density at radius 3 is 2.55 bits per heavy atom. The van der Waals surface area contributed by atoms with Gasteiger partial charge in [-0.05, 0) is 48.2 Å². The van der Waals surface area contributed by atoms with Crippen LogP contribution in [0, 0.1) is 11.3 Å². The van der Waals surface area contributed by atoms with Crippen LogP contribution in [0.15, 0.2) is 75.5 Å². The smallest absolute Gasteiger partial charge is 0.167 e. The largest absolute Gasteiger partial charge is 0.450 e. The molecule has 0 atom stereocenters. The molecule has 3 heterocycles. The van der Waals surface area contributed by atoms with Gasteiger partial charge in [0.1, 0.15) is 16.9 Å². The maximum absolute atomic E-state index is 9.27. The maximum atomic E-state index is 9.27. The predicted molar refractivity (Wildman–Crippen MR) is 84.8 cm³/mol. The summed E-state index contributed by atoms with van der Waals surface area (Å²) < 4.78 is 5.71. The Morgan fingerprint density at radius 2 is 1.86 bits per heavy atom. The van der Waals surface area contributed by atoms with E-state index in [1.54, 1.807) is 24.5 Å². The third-order valence-corrected chi connectivity index (χ3v) is 3.66. The quantitative estimate of drug-likeness (QED) is 0.673. The molecule has 0 amide bonds. The third-order valence-electron chi connectivity index (χ3n) is 2.79. The van der Waals surface area contributed by atoms with Crippen LogP contribution in [-0.4, -0.2) is 9.97 Å². The van der Waals surface area contributed by atoms with E-state index >= 15 is 0 Å². The summed E-state index contributed by atoms with van der Waals surface area (Å²) >= 11 is 1.43. The van der Waals surface area contributed by atoms with Gasteiger partial charge in [-0.3, -0.25) is 4.98 Å². The molecule has 0 unspecified atom stereocenters. The van der Waals surface area contributed by atoms with Gasteiger partial charge in [-0.1, -0.05) is 12.1 Å². The van der Waals surface area contributed by atoms with Crippen LogP contribution in [0.2, 0.25) is 0 Å². The second-order valence-corrected chi connectivity index (χ2v) is 5.34. The number of nitriles is 1. The van der Waals surface area contributed by atoms with Crippen molar-refractivity contribution in [1.82, 2.24) is 9.97 Å². The van der Waals surface area contributed by atoms with Crippen LogP contribution in [-0.2, 0) is 0 Å². The zero-order chi connectivity index (χ0) is 15.2. The molecule has 22 heavy (non-hydrogen) atoms. The van der Waals surface area contributed by atoms with Gasteiger partial charge in [0.2, 0.25) is 0 Å². The van der Waals surface area contributed by atoms with Crippen molar-refractivity contribution in [2.24, 2.45) is 0 Å². The summed E-state index contributed by atoms with van der Waals surface area (Å²) in [5.74, 6) is 0.612. The summed E-state index contributed by atoms with van der Waals surface area (Å²) in [6, 6.07) is 17.0. The molecule has 0 fully saturated rings. The Kier molecular flexibility index (Phi) is 4.33. The van der Waals surface area contributed by atoms with Crippen LogP contribution in [0.4, 0.5) is 0 Å². The van der Waals surface area contributed by atoms with E-state index in [1.807, 2.05) is 42.5 Å². The van der Waals surface area contributed by atoms with Crippen molar-refractivity contribution in [3.63, 3.8) is 0 Å². The van der Waals surface area contributed by atoms with E-state index in [0.717, 1.165) is 10.1 Å². The molecule has 0 saturated carbocycles. The zero-order valence-electron chi connectivity index (χ0n) is 11.5. The molecule has 0 saturated heterocycles. The zero-order valence-corrected chi connectivity index (χ0v) is 12.3.